The van der Waals surface area contributed by atoms with Gasteiger partial charge in [0, 0.05) is 13.0 Å². The summed E-state index contributed by atoms with van der Waals surface area (Å²) in [6.45, 7) is 4.15. The maximum absolute atomic E-state index is 12.9. The summed E-state index contributed by atoms with van der Waals surface area (Å²) in [5.41, 5.74) is 0. The monoisotopic (exact) mass is 957 g/mol. The Labute approximate surface area is 401 Å². The molecule has 6 unspecified atom stereocenters. The zero-order valence-corrected chi connectivity index (χ0v) is 42.4. The number of unbranched alkanes of at least 4 members (excludes halogenated alkanes) is 25. The van der Waals surface area contributed by atoms with Gasteiger partial charge in [-0.1, -0.05) is 191 Å². The van der Waals surface area contributed by atoms with E-state index in [0.29, 0.717) is 13.0 Å². The largest absolute Gasteiger partial charge is 0.472 e. The number of phosphoric ester groups is 1. The number of allylic oxidation sites excluding steroid dienone is 8. The van der Waals surface area contributed by atoms with Gasteiger partial charge >= 0.3 is 13.8 Å². The molecule has 0 aromatic carbocycles. The van der Waals surface area contributed by atoms with Crippen LogP contribution in [-0.2, 0) is 27.9 Å². The number of rotatable bonds is 45. The molecular formula is C53H97O12P. The van der Waals surface area contributed by atoms with Gasteiger partial charge in [0.1, 0.15) is 42.7 Å². The van der Waals surface area contributed by atoms with Crippen LogP contribution >= 0.6 is 7.82 Å². The Hall–Kier alpha value is -1.70. The van der Waals surface area contributed by atoms with E-state index in [1.54, 1.807) is 0 Å². The van der Waals surface area contributed by atoms with E-state index in [1.807, 2.05) is 0 Å². The van der Waals surface area contributed by atoms with Crippen molar-refractivity contribution in [3.05, 3.63) is 48.6 Å². The molecule has 6 atom stereocenters. The lowest BCUT2D eigenvalue weighted by atomic mass is 9.85. The minimum Gasteiger partial charge on any atom is -0.457 e. The molecule has 0 aromatic heterocycles. The molecule has 1 aliphatic rings. The van der Waals surface area contributed by atoms with Crippen LogP contribution in [0.3, 0.4) is 0 Å². The molecule has 1 fully saturated rings. The summed E-state index contributed by atoms with van der Waals surface area (Å²) >= 11 is 0. The van der Waals surface area contributed by atoms with Crippen LogP contribution in [0.5, 0.6) is 0 Å². The Morgan fingerprint density at radius 1 is 0.500 bits per heavy atom. The molecule has 0 bridgehead atoms. The van der Waals surface area contributed by atoms with Crippen LogP contribution in [0, 0.1) is 0 Å². The first-order valence-electron chi connectivity index (χ1n) is 26.5. The molecule has 1 rings (SSSR count). The summed E-state index contributed by atoms with van der Waals surface area (Å²) in [4.78, 5) is 23.2. The van der Waals surface area contributed by atoms with Crippen molar-refractivity contribution in [2.45, 2.75) is 262 Å². The SMILES string of the molecule is CC/C=C\C/C=C\C/C=C\CCCCCCCC(=O)OC(COCCCCCCCCCCCCCC/C=C\CCCCCCCCCC)COP(=O)(O)OC1C(O)C(O)C(O)C(O)C1O. The van der Waals surface area contributed by atoms with Gasteiger partial charge in [0.15, 0.2) is 0 Å². The van der Waals surface area contributed by atoms with Crippen LogP contribution in [0.4, 0.5) is 0 Å². The average molecular weight is 957 g/mol. The number of hydrogen-bond donors (Lipinski definition) is 6. The van der Waals surface area contributed by atoms with Crippen LogP contribution in [-0.4, -0.2) is 98.9 Å². The van der Waals surface area contributed by atoms with E-state index < -0.39 is 63.1 Å². The van der Waals surface area contributed by atoms with Crippen LogP contribution in [0.1, 0.15) is 219 Å². The van der Waals surface area contributed by atoms with E-state index in [-0.39, 0.29) is 13.0 Å². The second kappa shape index (κ2) is 43.3. The quantitative estimate of drug-likeness (QED) is 0.0147. The highest BCUT2D eigenvalue weighted by Gasteiger charge is 2.51. The maximum atomic E-state index is 12.9. The Morgan fingerprint density at radius 2 is 0.894 bits per heavy atom. The smallest absolute Gasteiger partial charge is 0.457 e. The molecule has 66 heavy (non-hydrogen) atoms. The predicted molar refractivity (Wildman–Crippen MR) is 267 cm³/mol. The molecule has 0 aromatic rings. The predicted octanol–water partition coefficient (Wildman–Crippen LogP) is 12.0. The molecule has 0 spiro atoms. The van der Waals surface area contributed by atoms with E-state index in [1.165, 1.54) is 122 Å². The first-order chi connectivity index (χ1) is 32.0. The lowest BCUT2D eigenvalue weighted by Gasteiger charge is -2.41. The standard InChI is InChI=1S/C53H97O12P/c1-3-5-7-9-11-13-15-17-19-20-21-22-23-24-25-26-27-29-31-33-35-37-39-41-43-62-44-46(45-63-66(60,61)65-53-51(58)49(56)48(55)50(57)52(53)59)64-47(54)42-40-38-36-34-32-30-28-18-16-14-12-10-8-6-4-2/h6,8,12,14,18,20-21,28,46,48-53,55-59H,3-5,7,9-11,13,15-17,19,22-27,29-45H2,1-2H3,(H,60,61)/b8-6-,14-12-,21-20-,28-18-. The van der Waals surface area contributed by atoms with E-state index in [0.717, 1.165) is 70.6 Å². The van der Waals surface area contributed by atoms with Crippen LogP contribution in [0.15, 0.2) is 48.6 Å². The number of carbonyl (C=O) groups is 1. The number of phosphoric acid groups is 1. The minimum absolute atomic E-state index is 0.0840. The van der Waals surface area contributed by atoms with Gasteiger partial charge in [-0.2, -0.15) is 0 Å². The lowest BCUT2D eigenvalue weighted by Crippen LogP contribution is -2.64. The summed E-state index contributed by atoms with van der Waals surface area (Å²) in [5.74, 6) is -0.493. The molecule has 12 nitrogen and oxygen atoms in total. The maximum Gasteiger partial charge on any atom is 0.472 e. The Bertz CT molecular complexity index is 1270. The topological polar surface area (TPSA) is 192 Å². The van der Waals surface area contributed by atoms with Crippen molar-refractivity contribution in [1.82, 2.24) is 0 Å². The number of esters is 1. The molecular weight excluding hydrogens is 860 g/mol. The van der Waals surface area contributed by atoms with Crippen molar-refractivity contribution in [3.63, 3.8) is 0 Å². The van der Waals surface area contributed by atoms with Gasteiger partial charge in [-0.15, -0.1) is 0 Å². The summed E-state index contributed by atoms with van der Waals surface area (Å²) in [7, 11) is -5.03. The summed E-state index contributed by atoms with van der Waals surface area (Å²) < 4.78 is 34.3. The molecule has 0 amide bonds. The molecule has 0 saturated heterocycles. The molecule has 1 aliphatic carbocycles. The minimum atomic E-state index is -5.03. The molecule has 0 radical (unpaired) electrons. The third-order valence-corrected chi connectivity index (χ3v) is 13.2. The fourth-order valence-corrected chi connectivity index (χ4v) is 8.99. The zero-order valence-electron chi connectivity index (χ0n) is 41.5. The van der Waals surface area contributed by atoms with E-state index in [2.05, 4.69) is 62.5 Å². The fourth-order valence-electron chi connectivity index (χ4n) is 8.01. The van der Waals surface area contributed by atoms with Crippen LogP contribution < -0.4 is 0 Å². The van der Waals surface area contributed by atoms with Gasteiger partial charge in [-0.05, 0) is 70.6 Å². The first-order valence-corrected chi connectivity index (χ1v) is 28.0. The average Bonchev–Trinajstić information content (AvgIpc) is 3.30. The Kier molecular flexibility index (Phi) is 40.9. The molecule has 13 heteroatoms. The summed E-state index contributed by atoms with van der Waals surface area (Å²) in [6.07, 6.45) is 41.9. The lowest BCUT2D eigenvalue weighted by molar-refractivity contribution is -0.220. The highest BCUT2D eigenvalue weighted by molar-refractivity contribution is 7.47. The van der Waals surface area contributed by atoms with Gasteiger partial charge in [0.2, 0.25) is 0 Å². The van der Waals surface area contributed by atoms with E-state index in [4.69, 9.17) is 18.5 Å². The van der Waals surface area contributed by atoms with Crippen molar-refractivity contribution >= 4 is 13.8 Å². The zero-order chi connectivity index (χ0) is 48.4. The second-order valence-corrected chi connectivity index (χ2v) is 19.7. The Morgan fingerprint density at radius 3 is 1.38 bits per heavy atom. The third-order valence-electron chi connectivity index (χ3n) is 12.2. The van der Waals surface area contributed by atoms with Gasteiger partial charge in [0.25, 0.3) is 0 Å². The van der Waals surface area contributed by atoms with E-state index >= 15 is 0 Å². The van der Waals surface area contributed by atoms with Gasteiger partial charge in [-0.25, -0.2) is 4.57 Å². The second-order valence-electron chi connectivity index (χ2n) is 18.3. The fraction of sp³-hybridized carbons (Fsp3) is 0.830. The van der Waals surface area contributed by atoms with Crippen molar-refractivity contribution in [2.24, 2.45) is 0 Å². The highest BCUT2D eigenvalue weighted by Crippen LogP contribution is 2.47. The van der Waals surface area contributed by atoms with Gasteiger partial charge < -0.3 is 39.9 Å². The Balaban J connectivity index is 2.30. The van der Waals surface area contributed by atoms with Crippen molar-refractivity contribution < 1.29 is 58.3 Å². The molecule has 386 valence electrons. The summed E-state index contributed by atoms with van der Waals surface area (Å²) in [5, 5.41) is 50.3. The number of aliphatic hydroxyl groups excluding tert-OH is 5. The van der Waals surface area contributed by atoms with E-state index in [9.17, 15) is 39.8 Å². The van der Waals surface area contributed by atoms with Crippen molar-refractivity contribution in [1.29, 1.82) is 0 Å². The van der Waals surface area contributed by atoms with Crippen LogP contribution in [0.2, 0.25) is 0 Å². The van der Waals surface area contributed by atoms with Gasteiger partial charge in [0.05, 0.1) is 13.2 Å². The molecule has 1 saturated carbocycles. The first kappa shape index (κ1) is 62.3. The number of hydrogen-bond acceptors (Lipinski definition) is 11. The number of ether oxygens (including phenoxy) is 2. The molecule has 0 heterocycles. The summed E-state index contributed by atoms with van der Waals surface area (Å²) in [6, 6.07) is 0. The highest BCUT2D eigenvalue weighted by atomic mass is 31.2. The number of carbonyl (C=O) groups excluding carboxylic acids is 1. The van der Waals surface area contributed by atoms with Crippen molar-refractivity contribution in [2.75, 3.05) is 19.8 Å². The molecule has 6 N–H and O–H groups in total. The molecule has 0 aliphatic heterocycles. The third kappa shape index (κ3) is 34.6. The van der Waals surface area contributed by atoms with Crippen molar-refractivity contribution in [3.8, 4) is 0 Å². The van der Waals surface area contributed by atoms with Gasteiger partial charge in [-0.3, -0.25) is 13.8 Å². The number of aliphatic hydroxyl groups is 5. The van der Waals surface area contributed by atoms with Crippen LogP contribution in [0.25, 0.3) is 0 Å². The normalized spacial score (nSPS) is 21.8.